The molecule has 2 unspecified atom stereocenters. The van der Waals surface area contributed by atoms with Crippen LogP contribution in [0.5, 0.6) is 0 Å². The van der Waals surface area contributed by atoms with E-state index in [1.807, 2.05) is 0 Å². The molecule has 0 aromatic carbocycles. The molecule has 0 bridgehead atoms. The average Bonchev–Trinajstić information content (AvgIpc) is 3.01. The number of ether oxygens (including phenoxy) is 2. The number of hydrogen-bond donors (Lipinski definition) is 2. The summed E-state index contributed by atoms with van der Waals surface area (Å²) in [6.45, 7) is 1.23. The normalized spacial score (nSPS) is 25.2. The minimum absolute atomic E-state index is 0.0222. The zero-order chi connectivity index (χ0) is 30.8. The van der Waals surface area contributed by atoms with Gasteiger partial charge in [0.25, 0.3) is 0 Å². The molecule has 0 radical (unpaired) electrons. The van der Waals surface area contributed by atoms with Crippen LogP contribution in [0.1, 0.15) is 135 Å². The van der Waals surface area contributed by atoms with Crippen LogP contribution >= 0.6 is 0 Å². The van der Waals surface area contributed by atoms with Gasteiger partial charge in [-0.1, -0.05) is 83.5 Å². The molecule has 43 heavy (non-hydrogen) atoms. The van der Waals surface area contributed by atoms with Crippen LogP contribution in [0.25, 0.3) is 0 Å². The molecule has 2 amide bonds. The number of aliphatic imine (C=N–C) groups is 2. The van der Waals surface area contributed by atoms with Gasteiger partial charge in [0.1, 0.15) is 13.2 Å². The monoisotopic (exact) mass is 604 g/mol. The summed E-state index contributed by atoms with van der Waals surface area (Å²) in [5.41, 5.74) is 0. The molecular weight excluding hydrogens is 548 g/mol. The van der Waals surface area contributed by atoms with Crippen LogP contribution in [-0.2, 0) is 19.1 Å². The molecule has 2 aliphatic rings. The van der Waals surface area contributed by atoms with E-state index in [1.54, 1.807) is 12.2 Å². The fourth-order valence-corrected chi connectivity index (χ4v) is 6.39. The fourth-order valence-electron chi connectivity index (χ4n) is 6.39. The lowest BCUT2D eigenvalue weighted by atomic mass is 9.92. The zero-order valence-electron chi connectivity index (χ0n) is 26.3. The molecule has 2 saturated carbocycles. The Kier molecular flexibility index (Phi) is 21.0. The van der Waals surface area contributed by atoms with E-state index in [0.29, 0.717) is 24.9 Å². The lowest BCUT2D eigenvalue weighted by Crippen LogP contribution is -2.36. The number of amides is 2. The van der Waals surface area contributed by atoms with E-state index >= 15 is 0 Å². The molecule has 10 nitrogen and oxygen atoms in total. The van der Waals surface area contributed by atoms with Crippen LogP contribution in [0.3, 0.4) is 0 Å². The predicted octanol–water partition coefficient (Wildman–Crippen LogP) is 7.30. The Bertz CT molecular complexity index is 844. The van der Waals surface area contributed by atoms with Crippen molar-refractivity contribution >= 4 is 24.3 Å². The Morgan fingerprint density at radius 2 is 1.09 bits per heavy atom. The summed E-state index contributed by atoms with van der Waals surface area (Å²) in [4.78, 5) is 53.6. The number of carbonyl (C=O) groups excluding carboxylic acids is 4. The number of isocyanates is 2. The maximum absolute atomic E-state index is 12.4. The van der Waals surface area contributed by atoms with Crippen molar-refractivity contribution in [1.82, 2.24) is 10.6 Å². The second kappa shape index (κ2) is 24.7. The standard InChI is InChI=1S/C33H56N4O6/c38-26-34-24-28-14-6-1-2-10-20-31(21-13-5-7-15-28)37-33(41)43-23-22-42-32(40)35-25-29-16-8-3-11-18-30(36-27-39)19-12-4-9-17-29/h28-31H,1-25H2,(H,35,40)(H,37,41). The third-order valence-electron chi connectivity index (χ3n) is 8.94. The highest BCUT2D eigenvalue weighted by Gasteiger charge is 2.16. The van der Waals surface area contributed by atoms with E-state index in [0.717, 1.165) is 135 Å². The van der Waals surface area contributed by atoms with Gasteiger partial charge >= 0.3 is 12.2 Å². The molecular formula is C33H56N4O6. The summed E-state index contributed by atoms with van der Waals surface area (Å²) in [6.07, 6.45) is 24.8. The lowest BCUT2D eigenvalue weighted by molar-refractivity contribution is 0.0927. The largest absolute Gasteiger partial charge is 0.446 e. The van der Waals surface area contributed by atoms with Gasteiger partial charge in [-0.05, 0) is 63.2 Å². The number of rotatable bonds is 9. The van der Waals surface area contributed by atoms with Gasteiger partial charge in [0.2, 0.25) is 12.2 Å². The third-order valence-corrected chi connectivity index (χ3v) is 8.94. The van der Waals surface area contributed by atoms with Crippen molar-refractivity contribution in [3.05, 3.63) is 0 Å². The zero-order valence-corrected chi connectivity index (χ0v) is 26.3. The second-order valence-corrected chi connectivity index (χ2v) is 12.4. The fraction of sp³-hybridized carbons (Fsp3) is 0.879. The molecule has 2 atom stereocenters. The summed E-state index contributed by atoms with van der Waals surface area (Å²) in [5.74, 6) is 0.896. The first-order valence-electron chi connectivity index (χ1n) is 17.0. The van der Waals surface area contributed by atoms with E-state index in [1.165, 1.54) is 0 Å². The highest BCUT2D eigenvalue weighted by molar-refractivity contribution is 5.68. The van der Waals surface area contributed by atoms with Crippen molar-refractivity contribution in [2.45, 2.75) is 147 Å². The quantitative estimate of drug-likeness (QED) is 0.161. The molecule has 0 saturated heterocycles. The maximum atomic E-state index is 12.4. The van der Waals surface area contributed by atoms with E-state index in [9.17, 15) is 19.2 Å². The van der Waals surface area contributed by atoms with Crippen LogP contribution < -0.4 is 10.6 Å². The minimum atomic E-state index is -0.472. The molecule has 0 spiro atoms. The molecule has 0 aliphatic heterocycles. The number of nitrogens with zero attached hydrogens (tertiary/aromatic N) is 2. The van der Waals surface area contributed by atoms with Crippen LogP contribution in [-0.4, -0.2) is 62.7 Å². The molecule has 0 aromatic rings. The van der Waals surface area contributed by atoms with Gasteiger partial charge in [-0.25, -0.2) is 29.2 Å². The summed E-state index contributed by atoms with van der Waals surface area (Å²) < 4.78 is 10.6. The Morgan fingerprint density at radius 3 is 1.65 bits per heavy atom. The van der Waals surface area contributed by atoms with Crippen molar-refractivity contribution in [3.63, 3.8) is 0 Å². The molecule has 2 fully saturated rings. The van der Waals surface area contributed by atoms with E-state index in [4.69, 9.17) is 9.47 Å². The van der Waals surface area contributed by atoms with Crippen molar-refractivity contribution in [1.29, 1.82) is 0 Å². The predicted molar refractivity (Wildman–Crippen MR) is 166 cm³/mol. The summed E-state index contributed by atoms with van der Waals surface area (Å²) in [7, 11) is 0. The van der Waals surface area contributed by atoms with Gasteiger partial charge in [-0.3, -0.25) is 0 Å². The van der Waals surface area contributed by atoms with Crippen LogP contribution in [0.2, 0.25) is 0 Å². The van der Waals surface area contributed by atoms with Crippen LogP contribution in [0, 0.1) is 11.8 Å². The summed E-state index contributed by atoms with van der Waals surface area (Å²) >= 11 is 0. The molecule has 244 valence electrons. The van der Waals surface area contributed by atoms with Crippen molar-refractivity contribution in [2.75, 3.05) is 26.3 Å². The van der Waals surface area contributed by atoms with E-state index in [2.05, 4.69) is 20.6 Å². The van der Waals surface area contributed by atoms with Crippen molar-refractivity contribution in [2.24, 2.45) is 21.8 Å². The first-order valence-corrected chi connectivity index (χ1v) is 17.0. The molecule has 0 heterocycles. The molecule has 2 N–H and O–H groups in total. The van der Waals surface area contributed by atoms with Gasteiger partial charge < -0.3 is 20.1 Å². The summed E-state index contributed by atoms with van der Waals surface area (Å²) in [6, 6.07) is 0.214. The maximum Gasteiger partial charge on any atom is 0.407 e. The van der Waals surface area contributed by atoms with Gasteiger partial charge in [0, 0.05) is 12.6 Å². The summed E-state index contributed by atoms with van der Waals surface area (Å²) in [5, 5.41) is 5.91. The van der Waals surface area contributed by atoms with Crippen LogP contribution in [0.15, 0.2) is 9.98 Å². The highest BCUT2D eigenvalue weighted by Crippen LogP contribution is 2.23. The molecule has 2 rings (SSSR count). The lowest BCUT2D eigenvalue weighted by Gasteiger charge is -2.19. The molecule has 2 aliphatic carbocycles. The highest BCUT2D eigenvalue weighted by atomic mass is 16.6. The van der Waals surface area contributed by atoms with E-state index < -0.39 is 12.2 Å². The smallest absolute Gasteiger partial charge is 0.407 e. The number of carbonyl (C=O) groups is 2. The van der Waals surface area contributed by atoms with Crippen molar-refractivity contribution in [3.8, 4) is 0 Å². The van der Waals surface area contributed by atoms with Gasteiger partial charge in [0.05, 0.1) is 12.6 Å². The third kappa shape index (κ3) is 19.2. The Hall–Kier alpha value is -2.70. The minimum Gasteiger partial charge on any atom is -0.446 e. The first-order chi connectivity index (χ1) is 21.1. The SMILES string of the molecule is O=C=NCC1CCCCCCC(NC(=O)OCCOC(=O)NCC2CCCCCC(N=C=O)CCCCC2)CCCCC1. The van der Waals surface area contributed by atoms with Gasteiger partial charge in [-0.2, -0.15) is 0 Å². The van der Waals surface area contributed by atoms with Gasteiger partial charge in [0.15, 0.2) is 0 Å². The Morgan fingerprint density at radius 1 is 0.605 bits per heavy atom. The number of alkyl carbamates (subject to hydrolysis) is 2. The molecule has 0 aromatic heterocycles. The Labute approximate surface area is 258 Å². The topological polar surface area (TPSA) is 136 Å². The van der Waals surface area contributed by atoms with E-state index in [-0.39, 0.29) is 25.3 Å². The number of hydrogen-bond acceptors (Lipinski definition) is 8. The first kappa shape index (κ1) is 36.5. The average molecular weight is 605 g/mol. The van der Waals surface area contributed by atoms with Gasteiger partial charge in [-0.15, -0.1) is 0 Å². The van der Waals surface area contributed by atoms with Crippen LogP contribution in [0.4, 0.5) is 9.59 Å². The Balaban J connectivity index is 1.60. The second-order valence-electron chi connectivity index (χ2n) is 12.4. The number of nitrogens with one attached hydrogen (secondary N) is 2. The van der Waals surface area contributed by atoms with Crippen molar-refractivity contribution < 1.29 is 28.7 Å². The molecule has 10 heteroatoms.